The summed E-state index contributed by atoms with van der Waals surface area (Å²) in [4.78, 5) is 11.2. The molecule has 0 saturated carbocycles. The van der Waals surface area contributed by atoms with Crippen LogP contribution in [0.4, 0.5) is 0 Å². The van der Waals surface area contributed by atoms with Crippen LogP contribution in [0.5, 0.6) is 11.5 Å². The van der Waals surface area contributed by atoms with Crippen LogP contribution in [-0.2, 0) is 0 Å². The van der Waals surface area contributed by atoms with E-state index in [1.54, 1.807) is 0 Å². The second-order valence-electron chi connectivity index (χ2n) is 2.45. The SMILES string of the molecule is C=CC(=O)c1ccc(O)cc1OC. The van der Waals surface area contributed by atoms with Gasteiger partial charge in [-0.25, -0.2) is 0 Å². The van der Waals surface area contributed by atoms with Gasteiger partial charge in [0.05, 0.1) is 12.7 Å². The summed E-state index contributed by atoms with van der Waals surface area (Å²) in [6.07, 6.45) is 1.20. The van der Waals surface area contributed by atoms with Crippen molar-refractivity contribution >= 4 is 5.78 Å². The molecule has 1 aromatic rings. The fourth-order valence-corrected chi connectivity index (χ4v) is 0.993. The number of allylic oxidation sites excluding steroid dienone is 1. The number of ether oxygens (including phenoxy) is 1. The van der Waals surface area contributed by atoms with E-state index in [2.05, 4.69) is 6.58 Å². The summed E-state index contributed by atoms with van der Waals surface area (Å²) in [5, 5.41) is 9.11. The van der Waals surface area contributed by atoms with Crippen LogP contribution in [0, 0.1) is 0 Å². The average molecular weight is 178 g/mol. The number of benzene rings is 1. The van der Waals surface area contributed by atoms with E-state index in [9.17, 15) is 4.79 Å². The van der Waals surface area contributed by atoms with Crippen LogP contribution >= 0.6 is 0 Å². The highest BCUT2D eigenvalue weighted by molar-refractivity contribution is 6.06. The normalized spacial score (nSPS) is 9.31. The smallest absolute Gasteiger partial charge is 0.188 e. The fraction of sp³-hybridized carbons (Fsp3) is 0.100. The van der Waals surface area contributed by atoms with Gasteiger partial charge in [0, 0.05) is 6.07 Å². The third-order valence-electron chi connectivity index (χ3n) is 1.64. The average Bonchev–Trinajstić information content (AvgIpc) is 2.16. The van der Waals surface area contributed by atoms with E-state index in [1.807, 2.05) is 0 Å². The van der Waals surface area contributed by atoms with Crippen molar-refractivity contribution in [2.45, 2.75) is 0 Å². The summed E-state index contributed by atoms with van der Waals surface area (Å²) >= 11 is 0. The number of carbonyl (C=O) groups is 1. The molecule has 1 aromatic carbocycles. The van der Waals surface area contributed by atoms with Crippen molar-refractivity contribution in [1.29, 1.82) is 0 Å². The first-order valence-corrected chi connectivity index (χ1v) is 3.73. The molecule has 0 aliphatic carbocycles. The molecule has 13 heavy (non-hydrogen) atoms. The van der Waals surface area contributed by atoms with Crippen molar-refractivity contribution in [2.24, 2.45) is 0 Å². The van der Waals surface area contributed by atoms with Gasteiger partial charge in [0.15, 0.2) is 5.78 Å². The zero-order chi connectivity index (χ0) is 9.84. The van der Waals surface area contributed by atoms with Crippen molar-refractivity contribution in [3.8, 4) is 11.5 Å². The number of ketones is 1. The number of rotatable bonds is 3. The first-order valence-electron chi connectivity index (χ1n) is 3.73. The maximum Gasteiger partial charge on any atom is 0.188 e. The highest BCUT2D eigenvalue weighted by atomic mass is 16.5. The second-order valence-corrected chi connectivity index (χ2v) is 2.45. The van der Waals surface area contributed by atoms with Gasteiger partial charge in [-0.1, -0.05) is 6.58 Å². The van der Waals surface area contributed by atoms with E-state index in [-0.39, 0.29) is 11.5 Å². The molecule has 0 saturated heterocycles. The van der Waals surface area contributed by atoms with Gasteiger partial charge in [-0.3, -0.25) is 4.79 Å². The quantitative estimate of drug-likeness (QED) is 0.566. The first-order chi connectivity index (χ1) is 6.19. The van der Waals surface area contributed by atoms with Crippen LogP contribution in [0.1, 0.15) is 10.4 Å². The van der Waals surface area contributed by atoms with Crippen LogP contribution in [-0.4, -0.2) is 18.0 Å². The largest absolute Gasteiger partial charge is 0.508 e. The summed E-state index contributed by atoms with van der Waals surface area (Å²) in [5.74, 6) is 0.194. The van der Waals surface area contributed by atoms with Crippen LogP contribution in [0.2, 0.25) is 0 Å². The number of phenolic OH excluding ortho intramolecular Hbond substituents is 1. The molecule has 3 nitrogen and oxygen atoms in total. The van der Waals surface area contributed by atoms with Crippen LogP contribution < -0.4 is 4.74 Å². The van der Waals surface area contributed by atoms with Crippen molar-refractivity contribution in [1.82, 2.24) is 0 Å². The Hall–Kier alpha value is -1.77. The molecule has 0 aliphatic heterocycles. The molecule has 0 bridgehead atoms. The molecule has 1 rings (SSSR count). The van der Waals surface area contributed by atoms with Crippen molar-refractivity contribution < 1.29 is 14.6 Å². The summed E-state index contributed by atoms with van der Waals surface area (Å²) in [6, 6.07) is 4.31. The zero-order valence-corrected chi connectivity index (χ0v) is 7.28. The minimum absolute atomic E-state index is 0.0671. The topological polar surface area (TPSA) is 46.5 Å². The Morgan fingerprint density at radius 1 is 1.62 bits per heavy atom. The van der Waals surface area contributed by atoms with Gasteiger partial charge in [-0.2, -0.15) is 0 Å². The number of aromatic hydroxyl groups is 1. The van der Waals surface area contributed by atoms with E-state index >= 15 is 0 Å². The Morgan fingerprint density at radius 2 is 2.31 bits per heavy atom. The van der Waals surface area contributed by atoms with Crippen LogP contribution in [0.25, 0.3) is 0 Å². The van der Waals surface area contributed by atoms with E-state index in [0.717, 1.165) is 0 Å². The molecule has 68 valence electrons. The van der Waals surface area contributed by atoms with E-state index in [0.29, 0.717) is 11.3 Å². The lowest BCUT2D eigenvalue weighted by Gasteiger charge is -2.05. The molecule has 0 spiro atoms. The highest BCUT2D eigenvalue weighted by Gasteiger charge is 2.08. The molecule has 0 atom stereocenters. The molecule has 0 aliphatic rings. The number of phenols is 1. The zero-order valence-electron chi connectivity index (χ0n) is 7.28. The van der Waals surface area contributed by atoms with E-state index in [4.69, 9.17) is 9.84 Å². The van der Waals surface area contributed by atoms with E-state index < -0.39 is 0 Å². The Bertz CT molecular complexity index is 342. The van der Waals surface area contributed by atoms with E-state index in [1.165, 1.54) is 31.4 Å². The maximum atomic E-state index is 11.2. The molecule has 0 unspecified atom stereocenters. The molecule has 1 N–H and O–H groups in total. The van der Waals surface area contributed by atoms with Gasteiger partial charge in [-0.15, -0.1) is 0 Å². The molecular formula is C10H10O3. The Morgan fingerprint density at radius 3 is 2.85 bits per heavy atom. The lowest BCUT2D eigenvalue weighted by atomic mass is 10.1. The molecule has 0 radical (unpaired) electrons. The molecule has 3 heteroatoms. The highest BCUT2D eigenvalue weighted by Crippen LogP contribution is 2.24. The Labute approximate surface area is 76.3 Å². The molecule has 0 amide bonds. The lowest BCUT2D eigenvalue weighted by molar-refractivity contribution is 0.104. The lowest BCUT2D eigenvalue weighted by Crippen LogP contribution is -1.97. The third kappa shape index (κ3) is 1.87. The fourth-order valence-electron chi connectivity index (χ4n) is 0.993. The number of hydrogen-bond donors (Lipinski definition) is 1. The summed E-state index contributed by atoms with van der Waals surface area (Å²) < 4.78 is 4.92. The van der Waals surface area contributed by atoms with Crippen LogP contribution in [0.3, 0.4) is 0 Å². The molecule has 0 fully saturated rings. The van der Waals surface area contributed by atoms with Gasteiger partial charge < -0.3 is 9.84 Å². The Kier molecular flexibility index (Phi) is 2.69. The van der Waals surface area contributed by atoms with Crippen molar-refractivity contribution in [2.75, 3.05) is 7.11 Å². The predicted octanol–water partition coefficient (Wildman–Crippen LogP) is 1.77. The van der Waals surface area contributed by atoms with Gasteiger partial charge in [0.2, 0.25) is 0 Å². The monoisotopic (exact) mass is 178 g/mol. The summed E-state index contributed by atoms with van der Waals surface area (Å²) in [6.45, 7) is 3.37. The third-order valence-corrected chi connectivity index (χ3v) is 1.64. The van der Waals surface area contributed by atoms with Gasteiger partial charge >= 0.3 is 0 Å². The summed E-state index contributed by atoms with van der Waals surface area (Å²) in [5.41, 5.74) is 0.398. The molecular weight excluding hydrogens is 168 g/mol. The first kappa shape index (κ1) is 9.32. The van der Waals surface area contributed by atoms with Crippen molar-refractivity contribution in [3.63, 3.8) is 0 Å². The second kappa shape index (κ2) is 3.76. The predicted molar refractivity (Wildman–Crippen MR) is 49.2 cm³/mol. The molecule has 0 heterocycles. The number of hydrogen-bond acceptors (Lipinski definition) is 3. The summed E-state index contributed by atoms with van der Waals surface area (Å²) in [7, 11) is 1.44. The van der Waals surface area contributed by atoms with Gasteiger partial charge in [0.25, 0.3) is 0 Å². The number of carbonyl (C=O) groups excluding carboxylic acids is 1. The van der Waals surface area contributed by atoms with Gasteiger partial charge in [0.1, 0.15) is 11.5 Å². The minimum Gasteiger partial charge on any atom is -0.508 e. The van der Waals surface area contributed by atoms with Gasteiger partial charge in [-0.05, 0) is 18.2 Å². The number of methoxy groups -OCH3 is 1. The van der Waals surface area contributed by atoms with Crippen molar-refractivity contribution in [3.05, 3.63) is 36.4 Å². The molecule has 0 aromatic heterocycles. The maximum absolute atomic E-state index is 11.2. The standard InChI is InChI=1S/C10H10O3/c1-3-9(12)8-5-4-7(11)6-10(8)13-2/h3-6,11H,1H2,2H3. The minimum atomic E-state index is -0.225. The Balaban J connectivity index is 3.20. The van der Waals surface area contributed by atoms with Crippen LogP contribution in [0.15, 0.2) is 30.9 Å².